The highest BCUT2D eigenvalue weighted by atomic mass is 79.9. The number of aryl methyl sites for hydroxylation is 1. The van der Waals surface area contributed by atoms with Crippen LogP contribution in [0.25, 0.3) is 0 Å². The van der Waals surface area contributed by atoms with Crippen LogP contribution in [0.2, 0.25) is 0 Å². The van der Waals surface area contributed by atoms with Gasteiger partial charge in [0.2, 0.25) is 0 Å². The first-order valence-corrected chi connectivity index (χ1v) is 6.65. The molecule has 0 spiro atoms. The van der Waals surface area contributed by atoms with Crippen LogP contribution in [0.3, 0.4) is 0 Å². The molecule has 0 aliphatic rings. The van der Waals surface area contributed by atoms with E-state index in [-0.39, 0.29) is 0 Å². The second-order valence-electron chi connectivity index (χ2n) is 4.00. The number of nitrogens with zero attached hydrogens (tertiary/aromatic N) is 2. The average molecular weight is 310 g/mol. The summed E-state index contributed by atoms with van der Waals surface area (Å²) >= 11 is 3.50. The number of anilines is 1. The van der Waals surface area contributed by atoms with Gasteiger partial charge in [-0.1, -0.05) is 34.1 Å². The van der Waals surface area contributed by atoms with Crippen molar-refractivity contribution in [2.75, 3.05) is 12.3 Å². The van der Waals surface area contributed by atoms with Crippen LogP contribution in [0.15, 0.2) is 41.0 Å². The standard InChI is InChI=1S/C13H16BrN3O/c14-12-5-2-1-4-11(12)10-18-9-3-7-17-8-6-13(15)16-17/h1-2,4-6,8H,3,7,9-10H2,(H2,15,16). The molecule has 2 aromatic rings. The van der Waals surface area contributed by atoms with Crippen molar-refractivity contribution in [3.8, 4) is 0 Å². The number of hydrogen-bond acceptors (Lipinski definition) is 3. The molecule has 0 aliphatic carbocycles. The highest BCUT2D eigenvalue weighted by Gasteiger charge is 1.99. The molecular weight excluding hydrogens is 294 g/mol. The van der Waals surface area contributed by atoms with Gasteiger partial charge in [0.1, 0.15) is 5.82 Å². The van der Waals surface area contributed by atoms with Crippen molar-refractivity contribution in [2.24, 2.45) is 0 Å². The van der Waals surface area contributed by atoms with Gasteiger partial charge in [-0.3, -0.25) is 4.68 Å². The lowest BCUT2D eigenvalue weighted by Crippen LogP contribution is -2.04. The van der Waals surface area contributed by atoms with Crippen LogP contribution >= 0.6 is 15.9 Å². The van der Waals surface area contributed by atoms with E-state index in [0.717, 1.165) is 17.4 Å². The van der Waals surface area contributed by atoms with E-state index in [9.17, 15) is 0 Å². The van der Waals surface area contributed by atoms with Crippen molar-refractivity contribution in [3.05, 3.63) is 46.6 Å². The van der Waals surface area contributed by atoms with Gasteiger partial charge in [0, 0.05) is 23.8 Å². The second-order valence-corrected chi connectivity index (χ2v) is 4.86. The van der Waals surface area contributed by atoms with Gasteiger partial charge in [-0.25, -0.2) is 0 Å². The van der Waals surface area contributed by atoms with Crippen LogP contribution < -0.4 is 5.73 Å². The van der Waals surface area contributed by atoms with E-state index >= 15 is 0 Å². The Balaban J connectivity index is 1.66. The van der Waals surface area contributed by atoms with Gasteiger partial charge in [-0.2, -0.15) is 5.10 Å². The fourth-order valence-electron chi connectivity index (χ4n) is 1.63. The number of nitrogens with two attached hydrogens (primary N) is 1. The van der Waals surface area contributed by atoms with Gasteiger partial charge >= 0.3 is 0 Å². The third kappa shape index (κ3) is 3.85. The van der Waals surface area contributed by atoms with Gasteiger partial charge in [0.25, 0.3) is 0 Å². The van der Waals surface area contributed by atoms with E-state index < -0.39 is 0 Å². The lowest BCUT2D eigenvalue weighted by Gasteiger charge is -2.06. The molecule has 0 amide bonds. The SMILES string of the molecule is Nc1ccn(CCCOCc2ccccc2Br)n1. The van der Waals surface area contributed by atoms with E-state index in [2.05, 4.69) is 27.1 Å². The summed E-state index contributed by atoms with van der Waals surface area (Å²) in [6.07, 6.45) is 2.80. The maximum atomic E-state index is 5.63. The fourth-order valence-corrected chi connectivity index (χ4v) is 2.03. The van der Waals surface area contributed by atoms with Crippen LogP contribution in [0.1, 0.15) is 12.0 Å². The maximum Gasteiger partial charge on any atom is 0.145 e. The van der Waals surface area contributed by atoms with E-state index in [4.69, 9.17) is 10.5 Å². The Hall–Kier alpha value is -1.33. The molecule has 0 unspecified atom stereocenters. The van der Waals surface area contributed by atoms with Crippen molar-refractivity contribution in [2.45, 2.75) is 19.6 Å². The lowest BCUT2D eigenvalue weighted by atomic mass is 10.2. The topological polar surface area (TPSA) is 53.1 Å². The molecule has 1 aromatic carbocycles. The Kier molecular flexibility index (Phi) is 4.78. The molecule has 0 bridgehead atoms. The summed E-state index contributed by atoms with van der Waals surface area (Å²) < 4.78 is 8.55. The minimum absolute atomic E-state index is 0.559. The summed E-state index contributed by atoms with van der Waals surface area (Å²) in [6.45, 7) is 2.16. The predicted molar refractivity (Wildman–Crippen MR) is 75.1 cm³/mol. The number of nitrogen functional groups attached to an aromatic ring is 1. The van der Waals surface area contributed by atoms with Crippen LogP contribution in [0.5, 0.6) is 0 Å². The zero-order valence-electron chi connectivity index (χ0n) is 10.1. The smallest absolute Gasteiger partial charge is 0.145 e. The first kappa shape index (κ1) is 13.1. The van der Waals surface area contributed by atoms with Crippen molar-refractivity contribution in [3.63, 3.8) is 0 Å². The molecular formula is C13H16BrN3O. The summed E-state index contributed by atoms with van der Waals surface area (Å²) in [4.78, 5) is 0. The highest BCUT2D eigenvalue weighted by Crippen LogP contribution is 2.16. The molecule has 5 heteroatoms. The lowest BCUT2D eigenvalue weighted by molar-refractivity contribution is 0.114. The molecule has 0 radical (unpaired) electrons. The van der Waals surface area contributed by atoms with E-state index in [0.29, 0.717) is 19.0 Å². The first-order chi connectivity index (χ1) is 8.75. The quantitative estimate of drug-likeness (QED) is 0.835. The number of halogens is 1. The molecule has 1 aromatic heterocycles. The fraction of sp³-hybridized carbons (Fsp3) is 0.308. The van der Waals surface area contributed by atoms with E-state index in [1.54, 1.807) is 6.07 Å². The number of aromatic nitrogens is 2. The second kappa shape index (κ2) is 6.56. The number of hydrogen-bond donors (Lipinski definition) is 1. The molecule has 0 aliphatic heterocycles. The molecule has 96 valence electrons. The highest BCUT2D eigenvalue weighted by molar-refractivity contribution is 9.10. The van der Waals surface area contributed by atoms with Crippen molar-refractivity contribution >= 4 is 21.7 Å². The molecule has 0 saturated heterocycles. The van der Waals surface area contributed by atoms with Gasteiger partial charge in [-0.15, -0.1) is 0 Å². The Labute approximate surface area is 115 Å². The minimum atomic E-state index is 0.559. The number of ether oxygens (including phenoxy) is 1. The minimum Gasteiger partial charge on any atom is -0.382 e. The summed E-state index contributed by atoms with van der Waals surface area (Å²) in [6, 6.07) is 9.87. The Morgan fingerprint density at radius 1 is 1.28 bits per heavy atom. The Bertz CT molecular complexity index is 498. The zero-order valence-corrected chi connectivity index (χ0v) is 11.6. The van der Waals surface area contributed by atoms with Crippen molar-refractivity contribution in [1.82, 2.24) is 9.78 Å². The third-order valence-electron chi connectivity index (χ3n) is 2.55. The summed E-state index contributed by atoms with van der Waals surface area (Å²) in [7, 11) is 0. The molecule has 0 fully saturated rings. The molecule has 1 heterocycles. The first-order valence-electron chi connectivity index (χ1n) is 5.86. The molecule has 0 atom stereocenters. The van der Waals surface area contributed by atoms with Crippen molar-refractivity contribution in [1.29, 1.82) is 0 Å². The molecule has 4 nitrogen and oxygen atoms in total. The summed E-state index contributed by atoms with van der Waals surface area (Å²) in [5.74, 6) is 0.559. The Morgan fingerprint density at radius 3 is 2.83 bits per heavy atom. The summed E-state index contributed by atoms with van der Waals surface area (Å²) in [5, 5.41) is 4.11. The normalized spacial score (nSPS) is 10.7. The molecule has 2 rings (SSSR count). The zero-order chi connectivity index (χ0) is 12.8. The molecule has 0 saturated carbocycles. The third-order valence-corrected chi connectivity index (χ3v) is 3.33. The van der Waals surface area contributed by atoms with Crippen LogP contribution in [-0.2, 0) is 17.9 Å². The van der Waals surface area contributed by atoms with Crippen LogP contribution in [0.4, 0.5) is 5.82 Å². The molecule has 2 N–H and O–H groups in total. The van der Waals surface area contributed by atoms with Crippen LogP contribution in [-0.4, -0.2) is 16.4 Å². The average Bonchev–Trinajstić information content (AvgIpc) is 2.77. The predicted octanol–water partition coefficient (Wildman–Crippen LogP) is 2.83. The van der Waals surface area contributed by atoms with Gasteiger partial charge < -0.3 is 10.5 Å². The van der Waals surface area contributed by atoms with E-state index in [1.807, 2.05) is 29.1 Å². The van der Waals surface area contributed by atoms with Gasteiger partial charge in [0.05, 0.1) is 6.61 Å². The summed E-state index contributed by atoms with van der Waals surface area (Å²) in [5.41, 5.74) is 6.70. The van der Waals surface area contributed by atoms with Crippen LogP contribution in [0, 0.1) is 0 Å². The maximum absolute atomic E-state index is 5.63. The van der Waals surface area contributed by atoms with E-state index in [1.165, 1.54) is 5.56 Å². The van der Waals surface area contributed by atoms with Gasteiger partial charge in [0.15, 0.2) is 0 Å². The number of rotatable bonds is 6. The molecule has 18 heavy (non-hydrogen) atoms. The van der Waals surface area contributed by atoms with Gasteiger partial charge in [-0.05, 0) is 24.1 Å². The monoisotopic (exact) mass is 309 g/mol. The van der Waals surface area contributed by atoms with Crippen molar-refractivity contribution < 1.29 is 4.74 Å². The largest absolute Gasteiger partial charge is 0.382 e. The Morgan fingerprint density at radius 2 is 2.11 bits per heavy atom. The number of benzene rings is 1.